The van der Waals surface area contributed by atoms with Gasteiger partial charge in [0.05, 0.1) is 5.41 Å². The van der Waals surface area contributed by atoms with Crippen molar-refractivity contribution in [2.75, 3.05) is 4.90 Å². The van der Waals surface area contributed by atoms with Crippen LogP contribution in [0.1, 0.15) is 44.5 Å². The van der Waals surface area contributed by atoms with Crippen LogP contribution in [0, 0.1) is 0 Å². The van der Waals surface area contributed by atoms with Crippen LogP contribution in [-0.4, -0.2) is 0 Å². The second-order valence-corrected chi connectivity index (χ2v) is 16.8. The van der Waals surface area contributed by atoms with Crippen molar-refractivity contribution in [3.05, 3.63) is 257 Å². The smallest absolute Gasteiger partial charge is 0.0726 e. The predicted molar refractivity (Wildman–Crippen MR) is 243 cm³/mol. The van der Waals surface area contributed by atoms with E-state index in [4.69, 9.17) is 0 Å². The Hall–Kier alpha value is -7.22. The van der Waals surface area contributed by atoms with Crippen molar-refractivity contribution in [3.8, 4) is 44.5 Å². The van der Waals surface area contributed by atoms with Gasteiger partial charge in [0, 0.05) is 22.5 Å². The molecule has 0 unspecified atom stereocenters. The van der Waals surface area contributed by atoms with Crippen LogP contribution in [0.25, 0.3) is 44.5 Å². The number of fused-ring (bicyclic) bond motifs is 16. The summed E-state index contributed by atoms with van der Waals surface area (Å²) in [6, 6.07) is 80.0. The normalized spacial score (nSPS) is 14.9. The quantitative estimate of drug-likeness (QED) is 0.173. The number of rotatable bonds is 4. The first-order chi connectivity index (χ1) is 29.2. The van der Waals surface area contributed by atoms with Gasteiger partial charge in [0.15, 0.2) is 0 Å². The zero-order chi connectivity index (χ0) is 38.7. The average molecular weight is 750 g/mol. The van der Waals surface area contributed by atoms with Gasteiger partial charge in [-0.15, -0.1) is 0 Å². The monoisotopic (exact) mass is 749 g/mol. The lowest BCUT2D eigenvalue weighted by Gasteiger charge is -2.33. The van der Waals surface area contributed by atoms with Gasteiger partial charge in [-0.25, -0.2) is 0 Å². The van der Waals surface area contributed by atoms with Crippen LogP contribution >= 0.6 is 0 Å². The highest BCUT2D eigenvalue weighted by Crippen LogP contribution is 2.64. The number of benzene rings is 9. The lowest BCUT2D eigenvalue weighted by Crippen LogP contribution is -2.26. The van der Waals surface area contributed by atoms with Crippen LogP contribution in [0.15, 0.2) is 212 Å². The standard InChI is InChI=1S/C58H39N/c1-3-15-38(16-4-1)39-27-30-48-49-31-28-43(34-55(49)57(54(48)33-39)36-40-17-7-8-18-41(40)37-57)59(42-19-5-2-6-20-42)44-29-32-50-47-23-11-14-26-53(47)58(56(50)35-44)51-24-12-9-21-45(51)46-22-10-13-25-52(46)58/h1-35H,36-37H2. The summed E-state index contributed by atoms with van der Waals surface area (Å²) < 4.78 is 0. The third kappa shape index (κ3) is 4.40. The molecule has 13 rings (SSSR count). The Labute approximate surface area is 345 Å². The van der Waals surface area contributed by atoms with Crippen LogP contribution in [-0.2, 0) is 23.7 Å². The Kier molecular flexibility index (Phi) is 6.76. The molecular formula is C58H39N. The Balaban J connectivity index is 1.03. The summed E-state index contributed by atoms with van der Waals surface area (Å²) in [6.07, 6.45) is 1.99. The molecule has 9 aromatic carbocycles. The molecule has 4 aliphatic carbocycles. The molecule has 9 aromatic rings. The van der Waals surface area contributed by atoms with Gasteiger partial charge in [-0.05, 0) is 144 Å². The molecule has 0 atom stereocenters. The number of anilines is 3. The molecule has 0 N–H and O–H groups in total. The average Bonchev–Trinajstić information content (AvgIpc) is 4.01. The summed E-state index contributed by atoms with van der Waals surface area (Å²) in [5.41, 5.74) is 24.7. The predicted octanol–water partition coefficient (Wildman–Crippen LogP) is 14.2. The fourth-order valence-corrected chi connectivity index (χ4v) is 11.7. The van der Waals surface area contributed by atoms with Crippen molar-refractivity contribution in [2.24, 2.45) is 0 Å². The maximum Gasteiger partial charge on any atom is 0.0726 e. The second kappa shape index (κ2) is 12.1. The highest BCUT2D eigenvalue weighted by atomic mass is 15.1. The molecule has 2 spiro atoms. The van der Waals surface area contributed by atoms with Crippen molar-refractivity contribution < 1.29 is 0 Å². The molecule has 0 fully saturated rings. The topological polar surface area (TPSA) is 3.24 Å². The molecule has 0 saturated heterocycles. The molecule has 59 heavy (non-hydrogen) atoms. The minimum absolute atomic E-state index is 0.154. The van der Waals surface area contributed by atoms with Crippen molar-refractivity contribution >= 4 is 17.1 Å². The van der Waals surface area contributed by atoms with E-state index in [1.54, 1.807) is 0 Å². The van der Waals surface area contributed by atoms with Crippen molar-refractivity contribution in [2.45, 2.75) is 23.7 Å². The second-order valence-electron chi connectivity index (χ2n) is 16.8. The van der Waals surface area contributed by atoms with Gasteiger partial charge in [-0.3, -0.25) is 0 Å². The zero-order valence-electron chi connectivity index (χ0n) is 32.6. The van der Waals surface area contributed by atoms with E-state index in [0.29, 0.717) is 0 Å². The highest BCUT2D eigenvalue weighted by Gasteiger charge is 2.52. The molecule has 4 aliphatic rings. The summed E-state index contributed by atoms with van der Waals surface area (Å²) in [5.74, 6) is 0. The van der Waals surface area contributed by atoms with E-state index < -0.39 is 5.41 Å². The molecule has 0 heterocycles. The van der Waals surface area contributed by atoms with E-state index in [2.05, 4.69) is 217 Å². The summed E-state index contributed by atoms with van der Waals surface area (Å²) in [4.78, 5) is 2.50. The van der Waals surface area contributed by atoms with Crippen LogP contribution < -0.4 is 4.90 Å². The van der Waals surface area contributed by atoms with E-state index in [0.717, 1.165) is 24.2 Å². The fraction of sp³-hybridized carbons (Fsp3) is 0.0690. The van der Waals surface area contributed by atoms with E-state index in [1.807, 2.05) is 0 Å². The van der Waals surface area contributed by atoms with E-state index in [-0.39, 0.29) is 5.41 Å². The van der Waals surface area contributed by atoms with Crippen LogP contribution in [0.3, 0.4) is 0 Å². The van der Waals surface area contributed by atoms with E-state index >= 15 is 0 Å². The summed E-state index contributed by atoms with van der Waals surface area (Å²) in [7, 11) is 0. The minimum Gasteiger partial charge on any atom is -0.310 e. The van der Waals surface area contributed by atoms with E-state index in [1.165, 1.54) is 94.7 Å². The molecule has 1 heteroatoms. The third-order valence-corrected chi connectivity index (χ3v) is 14.1. The van der Waals surface area contributed by atoms with Gasteiger partial charge in [0.25, 0.3) is 0 Å². The Bertz CT molecular complexity index is 3090. The molecule has 0 bridgehead atoms. The third-order valence-electron chi connectivity index (χ3n) is 14.1. The lowest BCUT2D eigenvalue weighted by molar-refractivity contribution is 0.564. The minimum atomic E-state index is -0.410. The SMILES string of the molecule is c1ccc(-c2ccc3c(c2)C2(Cc4ccccc4C2)c2cc(N(c4ccccc4)c4ccc5c(c4)C4(c6ccccc6-c6ccccc64)c4ccccc4-5)ccc2-3)cc1. The summed E-state index contributed by atoms with van der Waals surface area (Å²) in [5, 5.41) is 0. The van der Waals surface area contributed by atoms with Gasteiger partial charge in [-0.2, -0.15) is 0 Å². The largest absolute Gasteiger partial charge is 0.310 e. The molecule has 0 radical (unpaired) electrons. The van der Waals surface area contributed by atoms with Crippen LogP contribution in [0.4, 0.5) is 17.1 Å². The van der Waals surface area contributed by atoms with Crippen LogP contribution in [0.2, 0.25) is 0 Å². The molecule has 0 amide bonds. The first-order valence-corrected chi connectivity index (χ1v) is 20.9. The first kappa shape index (κ1) is 32.8. The van der Waals surface area contributed by atoms with Gasteiger partial charge in [0.1, 0.15) is 0 Å². The molecule has 276 valence electrons. The highest BCUT2D eigenvalue weighted by molar-refractivity contribution is 5.97. The number of nitrogens with zero attached hydrogens (tertiary/aromatic N) is 1. The zero-order valence-corrected chi connectivity index (χ0v) is 32.6. The molecule has 1 nitrogen and oxygen atoms in total. The Morgan fingerprint density at radius 2 is 0.712 bits per heavy atom. The molecule has 0 aliphatic heterocycles. The molecule has 0 saturated carbocycles. The number of para-hydroxylation sites is 1. The van der Waals surface area contributed by atoms with Crippen molar-refractivity contribution in [3.63, 3.8) is 0 Å². The van der Waals surface area contributed by atoms with Crippen LogP contribution in [0.5, 0.6) is 0 Å². The number of hydrogen-bond donors (Lipinski definition) is 0. The van der Waals surface area contributed by atoms with Gasteiger partial charge < -0.3 is 4.90 Å². The van der Waals surface area contributed by atoms with Gasteiger partial charge in [0.2, 0.25) is 0 Å². The molecule has 0 aromatic heterocycles. The summed E-state index contributed by atoms with van der Waals surface area (Å²) in [6.45, 7) is 0. The Morgan fingerprint density at radius 3 is 1.29 bits per heavy atom. The fourth-order valence-electron chi connectivity index (χ4n) is 11.7. The van der Waals surface area contributed by atoms with Gasteiger partial charge in [-0.1, -0.05) is 170 Å². The van der Waals surface area contributed by atoms with Crippen molar-refractivity contribution in [1.29, 1.82) is 0 Å². The summed E-state index contributed by atoms with van der Waals surface area (Å²) >= 11 is 0. The van der Waals surface area contributed by atoms with Crippen molar-refractivity contribution in [1.82, 2.24) is 0 Å². The maximum absolute atomic E-state index is 2.54. The first-order valence-electron chi connectivity index (χ1n) is 20.9. The number of hydrogen-bond acceptors (Lipinski definition) is 1. The molecular weight excluding hydrogens is 711 g/mol. The van der Waals surface area contributed by atoms with E-state index in [9.17, 15) is 0 Å². The lowest BCUT2D eigenvalue weighted by atomic mass is 9.70. The van der Waals surface area contributed by atoms with Gasteiger partial charge >= 0.3 is 0 Å². The maximum atomic E-state index is 2.54. The Morgan fingerprint density at radius 1 is 0.288 bits per heavy atom.